The van der Waals surface area contributed by atoms with Crippen LogP contribution in [0.15, 0.2) is 36.4 Å². The van der Waals surface area contributed by atoms with E-state index in [2.05, 4.69) is 35.2 Å². The van der Waals surface area contributed by atoms with Gasteiger partial charge in [0.05, 0.1) is 25.4 Å². The summed E-state index contributed by atoms with van der Waals surface area (Å²) in [5.74, 6) is 0.881. The van der Waals surface area contributed by atoms with Gasteiger partial charge in [0.2, 0.25) is 0 Å². The highest BCUT2D eigenvalue weighted by Gasteiger charge is 2.42. The molecule has 0 bridgehead atoms. The fourth-order valence-corrected chi connectivity index (χ4v) is 4.17. The number of ether oxygens (including phenoxy) is 2. The van der Waals surface area contributed by atoms with Crippen molar-refractivity contribution in [3.05, 3.63) is 42.0 Å². The second kappa shape index (κ2) is 7.16. The van der Waals surface area contributed by atoms with Gasteiger partial charge < -0.3 is 19.7 Å². The molecule has 0 aromatic heterocycles. The van der Waals surface area contributed by atoms with Crippen molar-refractivity contribution in [3.63, 3.8) is 0 Å². The summed E-state index contributed by atoms with van der Waals surface area (Å²) in [6, 6.07) is 12.7. The molecule has 0 radical (unpaired) electrons. The molecule has 2 N–H and O–H groups in total. The van der Waals surface area contributed by atoms with E-state index in [0.29, 0.717) is 6.42 Å². The molecule has 4 rings (SSSR count). The highest BCUT2D eigenvalue weighted by Crippen LogP contribution is 2.35. The maximum absolute atomic E-state index is 9.98. The first-order chi connectivity index (χ1) is 12.6. The summed E-state index contributed by atoms with van der Waals surface area (Å²) in [5.41, 5.74) is 1.05. The predicted molar refractivity (Wildman–Crippen MR) is 100 cm³/mol. The van der Waals surface area contributed by atoms with Crippen LogP contribution in [0.25, 0.3) is 10.8 Å². The van der Waals surface area contributed by atoms with Crippen molar-refractivity contribution < 1.29 is 19.7 Å². The Balaban J connectivity index is 1.39. The molecule has 2 atom stereocenters. The second-order valence-electron chi connectivity index (χ2n) is 7.66. The molecule has 2 aliphatic rings. The lowest BCUT2D eigenvalue weighted by Gasteiger charge is -2.46. The van der Waals surface area contributed by atoms with Crippen molar-refractivity contribution in [3.8, 4) is 5.75 Å². The number of hydrogen-bond acceptors (Lipinski definition) is 5. The molecule has 140 valence electrons. The van der Waals surface area contributed by atoms with Crippen LogP contribution in [0.2, 0.25) is 0 Å². The Morgan fingerprint density at radius 1 is 1.08 bits per heavy atom. The molecule has 0 unspecified atom stereocenters. The summed E-state index contributed by atoms with van der Waals surface area (Å²) in [6.45, 7) is 3.06. The molecule has 26 heavy (non-hydrogen) atoms. The van der Waals surface area contributed by atoms with Gasteiger partial charge in [-0.05, 0) is 47.4 Å². The van der Waals surface area contributed by atoms with Crippen molar-refractivity contribution in [1.82, 2.24) is 4.90 Å². The standard InChI is InChI=1S/C21H27NO4/c1-25-18-5-4-16-10-15(2-3-17(16)11-18)13-22-8-6-21(7-9-22)12-19(23)20(24)14-26-21/h2-5,10-11,19-20,23-24H,6-9,12-14H2,1H3/t19-,20+/m1/s1. The summed E-state index contributed by atoms with van der Waals surface area (Å²) in [5, 5.41) is 22.1. The van der Waals surface area contributed by atoms with Gasteiger partial charge in [0.1, 0.15) is 11.9 Å². The van der Waals surface area contributed by atoms with Crippen LogP contribution in [0.3, 0.4) is 0 Å². The van der Waals surface area contributed by atoms with E-state index >= 15 is 0 Å². The molecule has 5 heteroatoms. The zero-order chi connectivity index (χ0) is 18.1. The normalized spacial score (nSPS) is 26.3. The van der Waals surface area contributed by atoms with Crippen LogP contribution in [-0.4, -0.2) is 59.7 Å². The molecule has 5 nitrogen and oxygen atoms in total. The molecule has 2 fully saturated rings. The first-order valence-corrected chi connectivity index (χ1v) is 9.36. The molecule has 0 amide bonds. The first kappa shape index (κ1) is 17.7. The van der Waals surface area contributed by atoms with Gasteiger partial charge in [-0.25, -0.2) is 0 Å². The Labute approximate surface area is 154 Å². The van der Waals surface area contributed by atoms with Crippen LogP contribution in [-0.2, 0) is 11.3 Å². The van der Waals surface area contributed by atoms with Crippen LogP contribution in [0.1, 0.15) is 24.8 Å². The number of likely N-dealkylation sites (tertiary alicyclic amines) is 1. The summed E-state index contributed by atoms with van der Waals surface area (Å²) in [4.78, 5) is 2.44. The number of benzene rings is 2. The Hall–Kier alpha value is -1.66. The van der Waals surface area contributed by atoms with Gasteiger partial charge in [-0.15, -0.1) is 0 Å². The van der Waals surface area contributed by atoms with Gasteiger partial charge in [0.25, 0.3) is 0 Å². The zero-order valence-electron chi connectivity index (χ0n) is 15.2. The van der Waals surface area contributed by atoms with Crippen LogP contribution in [0, 0.1) is 0 Å². The van der Waals surface area contributed by atoms with E-state index in [4.69, 9.17) is 9.47 Å². The third kappa shape index (κ3) is 3.58. The fourth-order valence-electron chi connectivity index (χ4n) is 4.17. The third-order valence-corrected chi connectivity index (χ3v) is 5.87. The van der Waals surface area contributed by atoms with E-state index in [1.165, 1.54) is 16.3 Å². The molecule has 2 aromatic carbocycles. The van der Waals surface area contributed by atoms with Crippen molar-refractivity contribution in [2.45, 2.75) is 43.6 Å². The number of fused-ring (bicyclic) bond motifs is 1. The third-order valence-electron chi connectivity index (χ3n) is 5.87. The molecule has 0 aliphatic carbocycles. The smallest absolute Gasteiger partial charge is 0.119 e. The Morgan fingerprint density at radius 2 is 1.81 bits per heavy atom. The Bertz CT molecular complexity index is 770. The van der Waals surface area contributed by atoms with Crippen LogP contribution < -0.4 is 4.74 Å². The van der Waals surface area contributed by atoms with E-state index in [1.807, 2.05) is 6.07 Å². The molecule has 0 saturated carbocycles. The molecule has 1 spiro atoms. The van der Waals surface area contributed by atoms with E-state index in [-0.39, 0.29) is 12.2 Å². The number of aliphatic hydroxyl groups excluding tert-OH is 2. The maximum Gasteiger partial charge on any atom is 0.119 e. The molecule has 2 heterocycles. The number of piperidine rings is 1. The Morgan fingerprint density at radius 3 is 2.54 bits per heavy atom. The van der Waals surface area contributed by atoms with E-state index in [0.717, 1.165) is 38.2 Å². The SMILES string of the molecule is COc1ccc2cc(CN3CCC4(CC3)C[C@@H](O)[C@@H](O)CO4)ccc2c1. The molecular weight excluding hydrogens is 330 g/mol. The number of aliphatic hydroxyl groups is 2. The van der Waals surface area contributed by atoms with E-state index in [9.17, 15) is 10.2 Å². The van der Waals surface area contributed by atoms with E-state index in [1.54, 1.807) is 7.11 Å². The number of rotatable bonds is 3. The largest absolute Gasteiger partial charge is 0.497 e. The van der Waals surface area contributed by atoms with Crippen LogP contribution in [0.4, 0.5) is 0 Å². The monoisotopic (exact) mass is 357 g/mol. The minimum atomic E-state index is -0.741. The van der Waals surface area contributed by atoms with Crippen molar-refractivity contribution >= 4 is 10.8 Å². The average Bonchev–Trinajstić information content (AvgIpc) is 2.67. The van der Waals surface area contributed by atoms with Crippen LogP contribution >= 0.6 is 0 Å². The summed E-state index contributed by atoms with van der Waals surface area (Å²) < 4.78 is 11.2. The van der Waals surface area contributed by atoms with Crippen molar-refractivity contribution in [1.29, 1.82) is 0 Å². The highest BCUT2D eigenvalue weighted by atomic mass is 16.5. The number of methoxy groups -OCH3 is 1. The lowest BCUT2D eigenvalue weighted by atomic mass is 9.82. The fraction of sp³-hybridized carbons (Fsp3) is 0.524. The highest BCUT2D eigenvalue weighted by molar-refractivity contribution is 5.84. The van der Waals surface area contributed by atoms with Gasteiger partial charge in [0.15, 0.2) is 0 Å². The predicted octanol–water partition coefficient (Wildman–Crippen LogP) is 2.33. The van der Waals surface area contributed by atoms with Gasteiger partial charge in [-0.3, -0.25) is 4.90 Å². The number of nitrogens with zero attached hydrogens (tertiary/aromatic N) is 1. The molecule has 2 saturated heterocycles. The lowest BCUT2D eigenvalue weighted by molar-refractivity contribution is -0.188. The van der Waals surface area contributed by atoms with Crippen LogP contribution in [0.5, 0.6) is 5.75 Å². The lowest BCUT2D eigenvalue weighted by Crippen LogP contribution is -2.54. The zero-order valence-corrected chi connectivity index (χ0v) is 15.2. The van der Waals surface area contributed by atoms with Gasteiger partial charge in [-0.2, -0.15) is 0 Å². The van der Waals surface area contributed by atoms with Crippen molar-refractivity contribution in [2.75, 3.05) is 26.8 Å². The maximum atomic E-state index is 9.98. The Kier molecular flexibility index (Phi) is 4.88. The van der Waals surface area contributed by atoms with E-state index < -0.39 is 12.2 Å². The van der Waals surface area contributed by atoms with Gasteiger partial charge in [0, 0.05) is 26.1 Å². The average molecular weight is 357 g/mol. The molecule has 2 aliphatic heterocycles. The molecule has 2 aromatic rings. The van der Waals surface area contributed by atoms with Crippen molar-refractivity contribution in [2.24, 2.45) is 0 Å². The van der Waals surface area contributed by atoms with Gasteiger partial charge >= 0.3 is 0 Å². The quantitative estimate of drug-likeness (QED) is 0.883. The summed E-state index contributed by atoms with van der Waals surface area (Å²) in [7, 11) is 1.69. The summed E-state index contributed by atoms with van der Waals surface area (Å²) >= 11 is 0. The first-order valence-electron chi connectivity index (χ1n) is 9.36. The van der Waals surface area contributed by atoms with Gasteiger partial charge in [-0.1, -0.05) is 18.2 Å². The number of hydrogen-bond donors (Lipinski definition) is 2. The molecular formula is C21H27NO4. The minimum Gasteiger partial charge on any atom is -0.497 e. The topological polar surface area (TPSA) is 62.2 Å². The second-order valence-corrected chi connectivity index (χ2v) is 7.66. The summed E-state index contributed by atoms with van der Waals surface area (Å²) in [6.07, 6.45) is 0.950. The minimum absolute atomic E-state index is 0.245.